The van der Waals surface area contributed by atoms with E-state index in [1.54, 1.807) is 0 Å². The first kappa shape index (κ1) is 29.3. The second-order valence-electron chi connectivity index (χ2n) is 10.5. The maximum Gasteiger partial charge on any atom is 0.0249 e. The lowest BCUT2D eigenvalue weighted by molar-refractivity contribution is 0.589. The van der Waals surface area contributed by atoms with Crippen LogP contribution >= 0.6 is 0 Å². The molecule has 0 spiro atoms. The van der Waals surface area contributed by atoms with Crippen LogP contribution in [-0.2, 0) is 12.8 Å². The van der Waals surface area contributed by atoms with Gasteiger partial charge in [0.05, 0.1) is 0 Å². The topological polar surface area (TPSA) is 0 Å². The van der Waals surface area contributed by atoms with Crippen LogP contribution in [0, 0.1) is 23.7 Å². The molecule has 0 unspecified atom stereocenters. The van der Waals surface area contributed by atoms with Gasteiger partial charge in [0.2, 0.25) is 0 Å². The quantitative estimate of drug-likeness (QED) is 0.152. The Morgan fingerprint density at radius 2 is 0.605 bits per heavy atom. The molecular formula is C38H46. The summed E-state index contributed by atoms with van der Waals surface area (Å²) in [7, 11) is 0. The Labute approximate surface area is 233 Å². The maximum absolute atomic E-state index is 3.30. The van der Waals surface area contributed by atoms with Crippen LogP contribution in [0.5, 0.6) is 0 Å². The molecule has 38 heavy (non-hydrogen) atoms. The summed E-state index contributed by atoms with van der Waals surface area (Å²) in [4.78, 5) is 0. The summed E-state index contributed by atoms with van der Waals surface area (Å²) in [5.74, 6) is 13.2. The van der Waals surface area contributed by atoms with E-state index in [0.29, 0.717) is 0 Å². The third-order valence-electron chi connectivity index (χ3n) is 7.13. The molecule has 0 aliphatic carbocycles. The van der Waals surface area contributed by atoms with E-state index in [1.165, 1.54) is 101 Å². The van der Waals surface area contributed by atoms with Gasteiger partial charge >= 0.3 is 0 Å². The second kappa shape index (κ2) is 18.1. The van der Waals surface area contributed by atoms with Crippen molar-refractivity contribution >= 4 is 0 Å². The van der Waals surface area contributed by atoms with E-state index in [0.717, 1.165) is 22.3 Å². The highest BCUT2D eigenvalue weighted by Crippen LogP contribution is 2.13. The van der Waals surface area contributed by atoms with Gasteiger partial charge in [0.15, 0.2) is 0 Å². The molecule has 0 saturated heterocycles. The Bertz CT molecular complexity index is 1160. The normalized spacial score (nSPS) is 10.4. The van der Waals surface area contributed by atoms with Gasteiger partial charge in [-0.15, -0.1) is 0 Å². The van der Waals surface area contributed by atoms with Crippen LogP contribution in [-0.4, -0.2) is 0 Å². The third kappa shape index (κ3) is 11.9. The number of rotatable bonds is 14. The van der Waals surface area contributed by atoms with Crippen LogP contribution in [0.4, 0.5) is 0 Å². The number of hydrogen-bond donors (Lipinski definition) is 0. The molecule has 3 aromatic rings. The van der Waals surface area contributed by atoms with Gasteiger partial charge in [-0.05, 0) is 85.3 Å². The molecule has 3 aromatic carbocycles. The van der Waals surface area contributed by atoms with Crippen molar-refractivity contribution in [2.45, 2.75) is 104 Å². The average molecular weight is 503 g/mol. The van der Waals surface area contributed by atoms with Crippen molar-refractivity contribution in [3.8, 4) is 23.7 Å². The molecule has 0 nitrogen and oxygen atoms in total. The van der Waals surface area contributed by atoms with Crippen LogP contribution in [0.1, 0.15) is 124 Å². The number of benzene rings is 3. The van der Waals surface area contributed by atoms with Crippen LogP contribution in [0.15, 0.2) is 72.8 Å². The first-order chi connectivity index (χ1) is 18.8. The summed E-state index contributed by atoms with van der Waals surface area (Å²) >= 11 is 0. The van der Waals surface area contributed by atoms with Crippen LogP contribution in [0.25, 0.3) is 0 Å². The Morgan fingerprint density at radius 1 is 0.342 bits per heavy atom. The SMILES string of the molecule is CCCCCCCCCc1ccc(C#Cc2ccc(C#Cc3ccc(CCCCCCC)cc3)cc2)cc1. The van der Waals surface area contributed by atoms with E-state index >= 15 is 0 Å². The molecule has 0 aromatic heterocycles. The summed E-state index contributed by atoms with van der Waals surface area (Å²) in [6.45, 7) is 4.54. The molecule has 0 saturated carbocycles. The van der Waals surface area contributed by atoms with Crippen molar-refractivity contribution in [1.29, 1.82) is 0 Å². The fraction of sp³-hybridized carbons (Fsp3) is 0.421. The second-order valence-corrected chi connectivity index (χ2v) is 10.5. The number of aryl methyl sites for hydroxylation is 2. The zero-order valence-corrected chi connectivity index (χ0v) is 23.8. The van der Waals surface area contributed by atoms with Crippen molar-refractivity contribution in [2.75, 3.05) is 0 Å². The first-order valence-corrected chi connectivity index (χ1v) is 15.1. The van der Waals surface area contributed by atoms with Crippen molar-refractivity contribution in [3.63, 3.8) is 0 Å². The lowest BCUT2D eigenvalue weighted by Gasteiger charge is -2.02. The molecule has 0 N–H and O–H groups in total. The highest BCUT2D eigenvalue weighted by Gasteiger charge is 1.97. The maximum atomic E-state index is 3.30. The molecule has 0 radical (unpaired) electrons. The Balaban J connectivity index is 1.42. The summed E-state index contributed by atoms with van der Waals surface area (Å²) in [6.07, 6.45) is 18.5. The van der Waals surface area contributed by atoms with Crippen molar-refractivity contribution in [1.82, 2.24) is 0 Å². The molecule has 198 valence electrons. The van der Waals surface area contributed by atoms with Gasteiger partial charge in [0.25, 0.3) is 0 Å². The highest BCUT2D eigenvalue weighted by molar-refractivity contribution is 5.48. The van der Waals surface area contributed by atoms with Crippen LogP contribution < -0.4 is 0 Å². The van der Waals surface area contributed by atoms with E-state index in [-0.39, 0.29) is 0 Å². The van der Waals surface area contributed by atoms with E-state index < -0.39 is 0 Å². The summed E-state index contributed by atoms with van der Waals surface area (Å²) < 4.78 is 0. The summed E-state index contributed by atoms with van der Waals surface area (Å²) in [6, 6.07) is 25.8. The molecule has 0 amide bonds. The Morgan fingerprint density at radius 3 is 0.921 bits per heavy atom. The van der Waals surface area contributed by atoms with E-state index in [2.05, 4.69) is 110 Å². The van der Waals surface area contributed by atoms with Crippen molar-refractivity contribution < 1.29 is 0 Å². The minimum Gasteiger partial charge on any atom is -0.0654 e. The van der Waals surface area contributed by atoms with E-state index in [9.17, 15) is 0 Å². The monoisotopic (exact) mass is 502 g/mol. The molecule has 0 heterocycles. The lowest BCUT2D eigenvalue weighted by Crippen LogP contribution is -1.87. The molecule has 0 aliphatic rings. The van der Waals surface area contributed by atoms with Crippen molar-refractivity contribution in [3.05, 3.63) is 106 Å². The Kier molecular flexibility index (Phi) is 14.0. The van der Waals surface area contributed by atoms with Gasteiger partial charge in [0, 0.05) is 22.3 Å². The predicted octanol–water partition coefficient (Wildman–Crippen LogP) is 10.3. The molecule has 0 heteroatoms. The average Bonchev–Trinajstić information content (AvgIpc) is 2.96. The van der Waals surface area contributed by atoms with Crippen molar-refractivity contribution in [2.24, 2.45) is 0 Å². The minimum absolute atomic E-state index is 1.02. The smallest absolute Gasteiger partial charge is 0.0249 e. The minimum atomic E-state index is 1.02. The number of unbranched alkanes of at least 4 members (excludes halogenated alkanes) is 10. The third-order valence-corrected chi connectivity index (χ3v) is 7.13. The highest BCUT2D eigenvalue weighted by atomic mass is 14.0. The molecular weight excluding hydrogens is 456 g/mol. The van der Waals surface area contributed by atoms with Gasteiger partial charge < -0.3 is 0 Å². The number of hydrogen-bond acceptors (Lipinski definition) is 0. The first-order valence-electron chi connectivity index (χ1n) is 15.1. The zero-order valence-electron chi connectivity index (χ0n) is 23.8. The predicted molar refractivity (Wildman–Crippen MR) is 165 cm³/mol. The molecule has 0 bridgehead atoms. The Hall–Kier alpha value is -3.22. The largest absolute Gasteiger partial charge is 0.0654 e. The fourth-order valence-corrected chi connectivity index (χ4v) is 4.65. The summed E-state index contributed by atoms with van der Waals surface area (Å²) in [5.41, 5.74) is 7.01. The van der Waals surface area contributed by atoms with Gasteiger partial charge in [-0.2, -0.15) is 0 Å². The molecule has 3 rings (SSSR count). The van der Waals surface area contributed by atoms with E-state index in [4.69, 9.17) is 0 Å². The summed E-state index contributed by atoms with van der Waals surface area (Å²) in [5, 5.41) is 0. The van der Waals surface area contributed by atoms with Gasteiger partial charge in [-0.25, -0.2) is 0 Å². The molecule has 0 aliphatic heterocycles. The van der Waals surface area contributed by atoms with Gasteiger partial charge in [0.1, 0.15) is 0 Å². The molecule has 0 atom stereocenters. The zero-order chi connectivity index (χ0) is 26.7. The lowest BCUT2D eigenvalue weighted by atomic mass is 10.0. The van der Waals surface area contributed by atoms with E-state index in [1.807, 2.05) is 0 Å². The van der Waals surface area contributed by atoms with Crippen LogP contribution in [0.2, 0.25) is 0 Å². The fourth-order valence-electron chi connectivity index (χ4n) is 4.65. The van der Waals surface area contributed by atoms with Gasteiger partial charge in [-0.1, -0.05) is 126 Å². The standard InChI is InChI=1S/C38H46/c1-3-5-7-9-10-12-14-16-34-19-23-36(24-20-34)26-28-38-31-29-37(30-32-38)27-25-35-21-17-33(18-22-35)15-13-11-8-6-4-2/h17-24,29-32H,3-16H2,1-2H3. The molecule has 0 fully saturated rings. The van der Waals surface area contributed by atoms with Gasteiger partial charge in [-0.3, -0.25) is 0 Å². The van der Waals surface area contributed by atoms with Crippen LogP contribution in [0.3, 0.4) is 0 Å².